The molecule has 8 bridgehead atoms. The van der Waals surface area contributed by atoms with Gasteiger partial charge in [-0.25, -0.2) is 0 Å². The molecule has 4 heteroatoms. The van der Waals surface area contributed by atoms with Gasteiger partial charge in [-0.05, 0) is 234 Å². The molecule has 0 atom stereocenters. The molecule has 406 valence electrons. The highest BCUT2D eigenvalue weighted by Gasteiger charge is 2.68. The summed E-state index contributed by atoms with van der Waals surface area (Å²) in [5.74, 6) is 6.50. The molecule has 10 aliphatic rings. The SMILES string of the molecule is CC(C)(C)c1ccc(-c2cc(C(C)(C)C)ccc2N2c3ccc(C(C)(C)C)cc3B3c4sc5ccc(C(C)(C)C)cc5c4N(c4ccc5c(c4)C(C)(C)CC5(C)C)c4cc(C56CC7C8CC9CC7C(C5)C(C9)C8C6)cc2c43)cc1. The van der Waals surface area contributed by atoms with Gasteiger partial charge in [0.15, 0.2) is 0 Å². The molecule has 8 aliphatic carbocycles. The van der Waals surface area contributed by atoms with E-state index in [9.17, 15) is 0 Å². The Morgan fingerprint density at radius 2 is 1.00 bits per heavy atom. The van der Waals surface area contributed by atoms with Gasteiger partial charge in [-0.15, -0.1) is 11.3 Å². The first-order valence-corrected chi connectivity index (χ1v) is 31.8. The first-order valence-electron chi connectivity index (χ1n) is 31.0. The molecule has 17 rings (SSSR count). The molecular weight excluding hydrogens is 972 g/mol. The molecule has 0 amide bonds. The van der Waals surface area contributed by atoms with Crippen LogP contribution in [0.5, 0.6) is 0 Å². The van der Waals surface area contributed by atoms with Crippen molar-refractivity contribution < 1.29 is 0 Å². The van der Waals surface area contributed by atoms with Crippen LogP contribution in [0.3, 0.4) is 0 Å². The summed E-state index contributed by atoms with van der Waals surface area (Å²) in [5, 5.41) is 1.40. The third-order valence-corrected chi connectivity index (χ3v) is 24.0. The molecule has 0 unspecified atom stereocenters. The molecule has 7 aromatic rings. The summed E-state index contributed by atoms with van der Waals surface area (Å²) in [5.41, 5.74) is 24.3. The van der Waals surface area contributed by atoms with E-state index >= 15 is 0 Å². The van der Waals surface area contributed by atoms with E-state index in [4.69, 9.17) is 0 Å². The molecule has 79 heavy (non-hydrogen) atoms. The first kappa shape index (κ1) is 50.9. The van der Waals surface area contributed by atoms with E-state index in [-0.39, 0.29) is 44.6 Å². The Bertz CT molecular complexity index is 3660. The summed E-state index contributed by atoms with van der Waals surface area (Å²) in [6.45, 7) is 38.6. The molecule has 7 fully saturated rings. The number of hydrogen-bond donors (Lipinski definition) is 0. The van der Waals surface area contributed by atoms with Crippen molar-refractivity contribution in [3.8, 4) is 11.1 Å². The van der Waals surface area contributed by atoms with Crippen LogP contribution < -0.4 is 25.5 Å². The third kappa shape index (κ3) is 7.32. The second-order valence-corrected chi connectivity index (χ2v) is 33.8. The number of nitrogens with zero attached hydrogens (tertiary/aromatic N) is 2. The van der Waals surface area contributed by atoms with Crippen molar-refractivity contribution in [1.82, 2.24) is 0 Å². The van der Waals surface area contributed by atoms with Crippen molar-refractivity contribution >= 4 is 78.0 Å². The van der Waals surface area contributed by atoms with Gasteiger partial charge in [-0.3, -0.25) is 0 Å². The van der Waals surface area contributed by atoms with Crippen LogP contribution in [0.15, 0.2) is 109 Å². The number of fused-ring (bicyclic) bond motifs is 7. The Morgan fingerprint density at radius 1 is 0.481 bits per heavy atom. The van der Waals surface area contributed by atoms with Crippen molar-refractivity contribution in [2.24, 2.45) is 41.4 Å². The number of thiophene rings is 1. The maximum Gasteiger partial charge on any atom is 0.264 e. The summed E-state index contributed by atoms with van der Waals surface area (Å²) in [6, 6.07) is 45.9. The minimum atomic E-state index is -0.0330. The van der Waals surface area contributed by atoms with Crippen molar-refractivity contribution in [3.63, 3.8) is 0 Å². The fourth-order valence-corrected chi connectivity index (χ4v) is 20.5. The first-order chi connectivity index (χ1) is 37.1. The van der Waals surface area contributed by atoms with Crippen LogP contribution in [0, 0.1) is 41.4 Å². The van der Waals surface area contributed by atoms with Gasteiger partial charge in [0.25, 0.3) is 6.71 Å². The van der Waals surface area contributed by atoms with Crippen molar-refractivity contribution in [2.75, 3.05) is 9.80 Å². The standard InChI is InChI=1S/C75H87BN2S/c1-69(2,3)44-19-17-43(18-20-44)50-32-45(70(4,5)6)21-26-61(50)78-62-27-22-47(72(10,11)12)34-60(62)76-66-63(35-48(36-64(66)78)75-38-55-51-29-42-30-52(55)57(40-75)53(31-42)56(51)39-75)77(49-24-25-58-59(37-49)74(15,16)41-73(58,13)14)67-54-33-46(71(7,8)9)23-28-65(54)79-68(67)76/h17-28,32-37,42,51-53,55-57H,29-31,38-41H2,1-16H3. The Kier molecular flexibility index (Phi) is 10.4. The van der Waals surface area contributed by atoms with Crippen LogP contribution in [-0.4, -0.2) is 6.71 Å². The van der Waals surface area contributed by atoms with Crippen LogP contribution >= 0.6 is 11.3 Å². The van der Waals surface area contributed by atoms with Crippen LogP contribution in [-0.2, 0) is 37.9 Å². The zero-order valence-electron chi connectivity index (χ0n) is 50.8. The van der Waals surface area contributed by atoms with Crippen LogP contribution in [0.4, 0.5) is 34.1 Å². The summed E-state index contributed by atoms with van der Waals surface area (Å²) in [7, 11) is 0. The smallest absolute Gasteiger partial charge is 0.264 e. The van der Waals surface area contributed by atoms with E-state index in [2.05, 4.69) is 241 Å². The summed E-state index contributed by atoms with van der Waals surface area (Å²) >= 11 is 2.07. The molecule has 7 saturated carbocycles. The number of hydrogen-bond acceptors (Lipinski definition) is 3. The number of anilines is 6. The molecule has 0 N–H and O–H groups in total. The highest BCUT2D eigenvalue weighted by Crippen LogP contribution is 2.75. The van der Waals surface area contributed by atoms with Gasteiger partial charge in [0.05, 0.1) is 11.4 Å². The van der Waals surface area contributed by atoms with Crippen molar-refractivity contribution in [2.45, 2.75) is 194 Å². The van der Waals surface area contributed by atoms with E-state index < -0.39 is 0 Å². The van der Waals surface area contributed by atoms with Crippen LogP contribution in [0.1, 0.15) is 195 Å². The van der Waals surface area contributed by atoms with Gasteiger partial charge >= 0.3 is 0 Å². The lowest BCUT2D eigenvalue weighted by Gasteiger charge is -2.72. The van der Waals surface area contributed by atoms with Gasteiger partial charge in [-0.1, -0.05) is 165 Å². The Labute approximate surface area is 479 Å². The second kappa shape index (κ2) is 16.1. The zero-order valence-corrected chi connectivity index (χ0v) is 51.6. The van der Waals surface area contributed by atoms with E-state index in [1.807, 2.05) is 0 Å². The molecule has 1 aromatic heterocycles. The fourth-order valence-electron chi connectivity index (χ4n) is 19.2. The highest BCUT2D eigenvalue weighted by atomic mass is 32.1. The summed E-state index contributed by atoms with van der Waals surface area (Å²) < 4.78 is 2.87. The van der Waals surface area contributed by atoms with Gasteiger partial charge in [0.2, 0.25) is 0 Å². The van der Waals surface area contributed by atoms with Gasteiger partial charge in [-0.2, -0.15) is 0 Å². The summed E-state index contributed by atoms with van der Waals surface area (Å²) in [6.07, 6.45) is 9.80. The number of benzene rings is 6. The van der Waals surface area contributed by atoms with Crippen LogP contribution in [0.25, 0.3) is 21.2 Å². The zero-order chi connectivity index (χ0) is 55.2. The minimum Gasteiger partial charge on any atom is -0.311 e. The average Bonchev–Trinajstić information content (AvgIpc) is 3.38. The quantitative estimate of drug-likeness (QED) is 0.162. The Morgan fingerprint density at radius 3 is 1.59 bits per heavy atom. The van der Waals surface area contributed by atoms with Crippen LogP contribution in [0.2, 0.25) is 0 Å². The Balaban J connectivity index is 1.06. The van der Waals surface area contributed by atoms with Gasteiger partial charge < -0.3 is 9.80 Å². The second-order valence-electron chi connectivity index (χ2n) is 32.8. The normalized spacial score (nSPS) is 27.4. The van der Waals surface area contributed by atoms with E-state index in [1.54, 1.807) is 5.56 Å². The highest BCUT2D eigenvalue weighted by molar-refractivity contribution is 7.33. The predicted molar refractivity (Wildman–Crippen MR) is 341 cm³/mol. The van der Waals surface area contributed by atoms with Crippen molar-refractivity contribution in [3.05, 3.63) is 148 Å². The van der Waals surface area contributed by atoms with E-state index in [1.165, 1.54) is 143 Å². The van der Waals surface area contributed by atoms with Gasteiger partial charge in [0, 0.05) is 43.2 Å². The molecule has 6 aromatic carbocycles. The molecule has 2 nitrogen and oxygen atoms in total. The lowest BCUT2D eigenvalue weighted by molar-refractivity contribution is -0.212. The van der Waals surface area contributed by atoms with Gasteiger partial charge in [0.1, 0.15) is 0 Å². The van der Waals surface area contributed by atoms with Crippen molar-refractivity contribution in [1.29, 1.82) is 0 Å². The molecular formula is C75H87BN2S. The molecule has 3 heterocycles. The largest absolute Gasteiger partial charge is 0.311 e. The average molecular weight is 1060 g/mol. The molecule has 2 aliphatic heterocycles. The maximum absolute atomic E-state index is 2.86. The molecule has 0 radical (unpaired) electrons. The monoisotopic (exact) mass is 1060 g/mol. The predicted octanol–water partition coefficient (Wildman–Crippen LogP) is 18.8. The van der Waals surface area contributed by atoms with E-state index in [0.717, 1.165) is 47.8 Å². The van der Waals surface area contributed by atoms with E-state index in [0.29, 0.717) is 0 Å². The topological polar surface area (TPSA) is 6.48 Å². The molecule has 0 spiro atoms. The lowest BCUT2D eigenvalue weighted by Crippen LogP contribution is -2.66. The number of rotatable bonds is 4. The Hall–Kier alpha value is -5.06. The third-order valence-electron chi connectivity index (χ3n) is 22.8. The lowest BCUT2D eigenvalue weighted by atomic mass is 9.32. The maximum atomic E-state index is 2.86. The molecule has 0 saturated heterocycles. The summed E-state index contributed by atoms with van der Waals surface area (Å²) in [4.78, 5) is 5.67. The minimum absolute atomic E-state index is 0.00799. The fraction of sp³-hybridized carbons (Fsp3) is 0.493.